The summed E-state index contributed by atoms with van der Waals surface area (Å²) >= 11 is 7.47. The van der Waals surface area contributed by atoms with Gasteiger partial charge in [0.25, 0.3) is 5.56 Å². The number of H-pyrrole nitrogens is 1. The van der Waals surface area contributed by atoms with Crippen molar-refractivity contribution in [3.05, 3.63) is 50.9 Å². The summed E-state index contributed by atoms with van der Waals surface area (Å²) in [4.78, 5) is 17.9. The van der Waals surface area contributed by atoms with Crippen molar-refractivity contribution in [2.45, 2.75) is 25.7 Å². The molecule has 0 radical (unpaired) electrons. The number of aromatic nitrogens is 4. The van der Waals surface area contributed by atoms with Crippen LogP contribution in [0.2, 0.25) is 5.02 Å². The number of nitrogens with zero attached hydrogens (tertiary/aromatic N) is 3. The molecule has 3 heterocycles. The Balaban J connectivity index is 1.98. The first-order valence-corrected chi connectivity index (χ1v) is 9.37. The molecule has 0 atom stereocenters. The average molecular weight is 369 g/mol. The quantitative estimate of drug-likeness (QED) is 0.548. The van der Waals surface area contributed by atoms with Gasteiger partial charge in [0.05, 0.1) is 0 Å². The number of halogens is 1. The fraction of sp³-hybridized carbons (Fsp3) is 0.222. The van der Waals surface area contributed by atoms with Gasteiger partial charge in [-0.3, -0.25) is 4.79 Å². The summed E-state index contributed by atoms with van der Waals surface area (Å²) in [6, 6.07) is 7.84. The maximum absolute atomic E-state index is 12.2. The summed E-state index contributed by atoms with van der Waals surface area (Å²) in [5, 5.41) is 12.0. The van der Waals surface area contributed by atoms with E-state index in [-0.39, 0.29) is 5.56 Å². The van der Waals surface area contributed by atoms with Crippen molar-refractivity contribution in [3.8, 4) is 11.1 Å². The zero-order chi connectivity index (χ0) is 17.0. The molecule has 0 saturated heterocycles. The van der Waals surface area contributed by atoms with E-state index in [0.29, 0.717) is 15.2 Å². The molecule has 7 heteroatoms. The molecule has 0 saturated carbocycles. The molecule has 0 aliphatic heterocycles. The minimum absolute atomic E-state index is 0.215. The van der Waals surface area contributed by atoms with Gasteiger partial charge >= 0.3 is 0 Å². The summed E-state index contributed by atoms with van der Waals surface area (Å²) in [7, 11) is 0. The van der Waals surface area contributed by atoms with Gasteiger partial charge in [-0.2, -0.15) is 0 Å². The lowest BCUT2D eigenvalue weighted by atomic mass is 9.87. The first-order valence-electron chi connectivity index (χ1n) is 8.17. The highest BCUT2D eigenvalue weighted by atomic mass is 35.5. The Labute approximate surface area is 151 Å². The Morgan fingerprint density at radius 2 is 1.92 bits per heavy atom. The molecule has 4 aromatic rings. The van der Waals surface area contributed by atoms with E-state index in [1.807, 2.05) is 24.3 Å². The normalized spacial score (nSPS) is 14.1. The topological polar surface area (TPSA) is 71.5 Å². The second-order valence-electron chi connectivity index (χ2n) is 6.23. The van der Waals surface area contributed by atoms with Crippen LogP contribution in [-0.4, -0.2) is 20.4 Å². The van der Waals surface area contributed by atoms with Gasteiger partial charge in [0.15, 0.2) is 0 Å². The first-order chi connectivity index (χ1) is 12.2. The summed E-state index contributed by atoms with van der Waals surface area (Å²) in [5.74, 6) is 0. The second-order valence-corrected chi connectivity index (χ2v) is 7.66. The summed E-state index contributed by atoms with van der Waals surface area (Å²) < 4.78 is 0.579. The number of hydrogen-bond donors (Lipinski definition) is 1. The van der Waals surface area contributed by atoms with Gasteiger partial charge in [0.1, 0.15) is 15.0 Å². The highest BCUT2D eigenvalue weighted by Crippen LogP contribution is 2.41. The SMILES string of the molecule is O=c1[nH]nnc2c1sc1nc3c(c(-c4ccc(Cl)cc4)c12)CCCC3. The van der Waals surface area contributed by atoms with Crippen LogP contribution in [0.4, 0.5) is 0 Å². The molecular weight excluding hydrogens is 356 g/mol. The van der Waals surface area contributed by atoms with Crippen molar-refractivity contribution < 1.29 is 0 Å². The highest BCUT2D eigenvalue weighted by molar-refractivity contribution is 7.25. The second kappa shape index (κ2) is 5.61. The third-order valence-electron chi connectivity index (χ3n) is 4.73. The van der Waals surface area contributed by atoms with E-state index >= 15 is 0 Å². The number of thiophene rings is 1. The zero-order valence-corrected chi connectivity index (χ0v) is 14.7. The van der Waals surface area contributed by atoms with Crippen LogP contribution in [-0.2, 0) is 12.8 Å². The summed E-state index contributed by atoms with van der Waals surface area (Å²) in [6.45, 7) is 0. The number of aryl methyl sites for hydroxylation is 1. The molecule has 25 heavy (non-hydrogen) atoms. The van der Waals surface area contributed by atoms with Gasteiger partial charge in [0, 0.05) is 16.1 Å². The van der Waals surface area contributed by atoms with Crippen LogP contribution >= 0.6 is 22.9 Å². The Bertz CT molecular complexity index is 1180. The standard InChI is InChI=1S/C18H13ClN4OS/c19-10-7-5-9(6-8-10)13-11-3-1-2-4-12(11)20-18-14(13)15-16(25-18)17(24)22-23-21-15/h5-8H,1-4H2,(H,21,22,24). The largest absolute Gasteiger partial charge is 0.285 e. The van der Waals surface area contributed by atoms with Gasteiger partial charge in [0.2, 0.25) is 0 Å². The Morgan fingerprint density at radius 3 is 2.76 bits per heavy atom. The number of rotatable bonds is 1. The molecule has 0 bridgehead atoms. The lowest BCUT2D eigenvalue weighted by Gasteiger charge is -2.19. The van der Waals surface area contributed by atoms with Crippen LogP contribution in [0.5, 0.6) is 0 Å². The van der Waals surface area contributed by atoms with Crippen molar-refractivity contribution in [1.82, 2.24) is 20.4 Å². The molecule has 5 nitrogen and oxygen atoms in total. The molecule has 0 unspecified atom stereocenters. The minimum atomic E-state index is -0.215. The molecule has 0 spiro atoms. The average Bonchev–Trinajstić information content (AvgIpc) is 3.00. The fourth-order valence-corrected chi connectivity index (χ4v) is 4.78. The van der Waals surface area contributed by atoms with Crippen molar-refractivity contribution in [3.63, 3.8) is 0 Å². The predicted molar refractivity (Wildman–Crippen MR) is 100 cm³/mol. The number of nitrogens with one attached hydrogen (secondary N) is 1. The highest BCUT2D eigenvalue weighted by Gasteiger charge is 2.23. The van der Waals surface area contributed by atoms with Gasteiger partial charge < -0.3 is 0 Å². The molecule has 1 aliphatic rings. The van der Waals surface area contributed by atoms with Crippen LogP contribution in [0.3, 0.4) is 0 Å². The van der Waals surface area contributed by atoms with Crippen molar-refractivity contribution in [2.75, 3.05) is 0 Å². The molecule has 3 aromatic heterocycles. The van der Waals surface area contributed by atoms with Gasteiger partial charge in [-0.05, 0) is 54.5 Å². The van der Waals surface area contributed by atoms with Gasteiger partial charge in [-0.25, -0.2) is 10.1 Å². The van der Waals surface area contributed by atoms with E-state index in [2.05, 4.69) is 15.4 Å². The predicted octanol–water partition coefficient (Wildman–Crippen LogP) is 4.13. The molecule has 1 aromatic carbocycles. The van der Waals surface area contributed by atoms with Crippen LogP contribution in [0.15, 0.2) is 29.1 Å². The van der Waals surface area contributed by atoms with Crippen LogP contribution in [0.25, 0.3) is 31.6 Å². The lowest BCUT2D eigenvalue weighted by Crippen LogP contribution is -2.08. The van der Waals surface area contributed by atoms with Crippen LogP contribution < -0.4 is 5.56 Å². The lowest BCUT2D eigenvalue weighted by molar-refractivity contribution is 0.673. The summed E-state index contributed by atoms with van der Waals surface area (Å²) in [6.07, 6.45) is 4.26. The molecule has 0 amide bonds. The van der Waals surface area contributed by atoms with E-state index in [4.69, 9.17) is 16.6 Å². The number of aromatic amines is 1. The molecule has 124 valence electrons. The van der Waals surface area contributed by atoms with E-state index < -0.39 is 0 Å². The number of benzene rings is 1. The zero-order valence-electron chi connectivity index (χ0n) is 13.2. The molecule has 1 aliphatic carbocycles. The number of hydrogen-bond acceptors (Lipinski definition) is 5. The van der Waals surface area contributed by atoms with E-state index in [0.717, 1.165) is 52.7 Å². The van der Waals surface area contributed by atoms with E-state index in [9.17, 15) is 4.79 Å². The maximum Gasteiger partial charge on any atom is 0.285 e. The third kappa shape index (κ3) is 2.28. The molecule has 0 fully saturated rings. The first kappa shape index (κ1) is 15.0. The van der Waals surface area contributed by atoms with E-state index in [1.165, 1.54) is 16.9 Å². The smallest absolute Gasteiger partial charge is 0.266 e. The Morgan fingerprint density at radius 1 is 1.12 bits per heavy atom. The Hall–Kier alpha value is -2.31. The van der Waals surface area contributed by atoms with Crippen molar-refractivity contribution in [1.29, 1.82) is 0 Å². The van der Waals surface area contributed by atoms with Gasteiger partial charge in [-0.1, -0.05) is 28.9 Å². The number of fused-ring (bicyclic) bond motifs is 4. The molecular formula is C18H13ClN4OS. The van der Waals surface area contributed by atoms with Crippen LogP contribution in [0, 0.1) is 0 Å². The maximum atomic E-state index is 12.2. The Kier molecular flexibility index (Phi) is 3.36. The van der Waals surface area contributed by atoms with E-state index in [1.54, 1.807) is 0 Å². The molecule has 5 rings (SSSR count). The monoisotopic (exact) mass is 368 g/mol. The minimum Gasteiger partial charge on any atom is -0.266 e. The third-order valence-corrected chi connectivity index (χ3v) is 6.06. The van der Waals surface area contributed by atoms with Gasteiger partial charge in [-0.15, -0.1) is 16.4 Å². The fourth-order valence-electron chi connectivity index (χ4n) is 3.63. The molecule has 1 N–H and O–H groups in total. The summed E-state index contributed by atoms with van der Waals surface area (Å²) in [5.41, 5.74) is 5.03. The van der Waals surface area contributed by atoms with Crippen LogP contribution in [0.1, 0.15) is 24.1 Å². The van der Waals surface area contributed by atoms with Crippen molar-refractivity contribution in [2.24, 2.45) is 0 Å². The van der Waals surface area contributed by atoms with Crippen molar-refractivity contribution >= 4 is 43.4 Å². The number of pyridine rings is 1.